The van der Waals surface area contributed by atoms with E-state index in [4.69, 9.17) is 10.5 Å². The van der Waals surface area contributed by atoms with Gasteiger partial charge in [0.1, 0.15) is 11.1 Å². The molecule has 0 atom stereocenters. The third kappa shape index (κ3) is 5.23. The van der Waals surface area contributed by atoms with Crippen molar-refractivity contribution in [1.82, 2.24) is 15.0 Å². The van der Waals surface area contributed by atoms with Crippen LogP contribution in [0.5, 0.6) is 0 Å². The number of methoxy groups -OCH3 is 1. The van der Waals surface area contributed by atoms with Gasteiger partial charge in [0, 0.05) is 35.9 Å². The number of nitrogens with zero attached hydrogens (tertiary/aromatic N) is 4. The van der Waals surface area contributed by atoms with E-state index in [9.17, 15) is 18.4 Å². The summed E-state index contributed by atoms with van der Waals surface area (Å²) in [7, 11) is 1.57. The van der Waals surface area contributed by atoms with E-state index in [1.165, 1.54) is 24.2 Å². The van der Waals surface area contributed by atoms with Gasteiger partial charge in [-0.25, -0.2) is 15.0 Å². The number of ether oxygens (including phenoxy) is 1. The third-order valence-corrected chi connectivity index (χ3v) is 5.24. The third-order valence-electron chi connectivity index (χ3n) is 3.08. The zero-order valence-electron chi connectivity index (χ0n) is 13.6. The molecule has 0 radical (unpaired) electrons. The fourth-order valence-electron chi connectivity index (χ4n) is 1.87. The summed E-state index contributed by atoms with van der Waals surface area (Å²) in [5, 5.41) is 9.68. The van der Waals surface area contributed by atoms with Crippen molar-refractivity contribution in [2.75, 3.05) is 30.3 Å². The molecule has 2 aromatic heterocycles. The highest BCUT2D eigenvalue weighted by atomic mass is 32.2. The first-order valence-electron chi connectivity index (χ1n) is 7.16. The fraction of sp³-hybridized carbons (Fsp3) is 0.333. The maximum Gasteiger partial charge on any atom is 0.417 e. The van der Waals surface area contributed by atoms with Crippen molar-refractivity contribution in [3.05, 3.63) is 29.6 Å². The molecule has 0 bridgehead atoms. The summed E-state index contributed by atoms with van der Waals surface area (Å²) in [5.74, 6) is 0.686. The van der Waals surface area contributed by atoms with Crippen LogP contribution in [0.25, 0.3) is 11.3 Å². The van der Waals surface area contributed by atoms with E-state index >= 15 is 0 Å². The number of alkyl halides is 3. The highest BCUT2D eigenvalue weighted by molar-refractivity contribution is 8.16. The molecule has 0 aliphatic rings. The van der Waals surface area contributed by atoms with E-state index in [0.29, 0.717) is 17.4 Å². The van der Waals surface area contributed by atoms with Crippen LogP contribution >= 0.6 is 23.5 Å². The Kier molecular flexibility index (Phi) is 7.07. The van der Waals surface area contributed by atoms with Crippen molar-refractivity contribution >= 4 is 29.5 Å². The van der Waals surface area contributed by atoms with E-state index in [2.05, 4.69) is 15.0 Å². The van der Waals surface area contributed by atoms with E-state index in [1.54, 1.807) is 13.2 Å². The van der Waals surface area contributed by atoms with Gasteiger partial charge < -0.3 is 10.5 Å². The number of aromatic nitrogens is 3. The molecule has 2 heterocycles. The molecule has 0 saturated heterocycles. The maximum absolute atomic E-state index is 13.4. The molecule has 2 N–H and O–H groups in total. The van der Waals surface area contributed by atoms with Gasteiger partial charge in [0.05, 0.1) is 23.4 Å². The average molecular weight is 401 g/mol. The molecule has 0 aliphatic carbocycles. The van der Waals surface area contributed by atoms with Gasteiger partial charge >= 0.3 is 6.18 Å². The van der Waals surface area contributed by atoms with Crippen LogP contribution in [0.3, 0.4) is 0 Å². The number of nitriles is 1. The zero-order chi connectivity index (χ0) is 19.2. The molecule has 6 nitrogen and oxygen atoms in total. The van der Waals surface area contributed by atoms with Gasteiger partial charge in [-0.05, 0) is 6.07 Å². The molecular weight excluding hydrogens is 387 g/mol. The Hall–Kier alpha value is -2.03. The predicted molar refractivity (Wildman–Crippen MR) is 94.5 cm³/mol. The number of thioether (sulfide) groups is 2. The summed E-state index contributed by atoms with van der Waals surface area (Å²) in [6.45, 7) is 0.528. The Morgan fingerprint density at radius 3 is 2.58 bits per heavy atom. The average Bonchev–Trinajstić information content (AvgIpc) is 2.60. The molecule has 0 saturated carbocycles. The molecule has 0 aromatic carbocycles. The Morgan fingerprint density at radius 2 is 2.00 bits per heavy atom. The molecule has 0 unspecified atom stereocenters. The molecule has 0 spiro atoms. The number of anilines is 1. The van der Waals surface area contributed by atoms with Crippen LogP contribution in [0, 0.1) is 11.3 Å². The standard InChI is InChI=1S/C15H14F3N5OS2/c1-24-2-3-25-8-26-13-10(5-19)11(15(16,17)18)4-12(23-13)9-6-21-14(20)22-7-9/h4,6-7H,2-3,8H2,1H3,(H2,20,21,22). The lowest BCUT2D eigenvalue weighted by atomic mass is 10.1. The zero-order valence-corrected chi connectivity index (χ0v) is 15.2. The summed E-state index contributed by atoms with van der Waals surface area (Å²) in [6, 6.07) is 2.45. The normalized spacial score (nSPS) is 11.3. The minimum Gasteiger partial charge on any atom is -0.384 e. The molecule has 0 amide bonds. The van der Waals surface area contributed by atoms with E-state index < -0.39 is 17.3 Å². The molecule has 11 heteroatoms. The van der Waals surface area contributed by atoms with Gasteiger partial charge in [-0.15, -0.1) is 11.8 Å². The maximum atomic E-state index is 13.4. The predicted octanol–water partition coefficient (Wildman–Crippen LogP) is 3.44. The minimum atomic E-state index is -4.68. The number of halogens is 3. The largest absolute Gasteiger partial charge is 0.417 e. The van der Waals surface area contributed by atoms with Gasteiger partial charge in [-0.2, -0.15) is 18.4 Å². The van der Waals surface area contributed by atoms with Crippen molar-refractivity contribution in [3.63, 3.8) is 0 Å². The first-order valence-corrected chi connectivity index (χ1v) is 9.30. The second kappa shape index (κ2) is 9.07. The lowest BCUT2D eigenvalue weighted by Gasteiger charge is -2.14. The highest BCUT2D eigenvalue weighted by Gasteiger charge is 2.36. The van der Waals surface area contributed by atoms with Gasteiger partial charge in [-0.3, -0.25) is 0 Å². The molecular formula is C15H14F3N5OS2. The van der Waals surface area contributed by atoms with E-state index in [-0.39, 0.29) is 22.2 Å². The summed E-state index contributed by atoms with van der Waals surface area (Å²) >= 11 is 2.55. The number of hydrogen-bond donors (Lipinski definition) is 1. The monoisotopic (exact) mass is 401 g/mol. The van der Waals surface area contributed by atoms with Crippen LogP contribution in [0.2, 0.25) is 0 Å². The number of pyridine rings is 1. The smallest absolute Gasteiger partial charge is 0.384 e. The first kappa shape index (κ1) is 20.3. The van der Waals surface area contributed by atoms with Gasteiger partial charge in [0.15, 0.2) is 0 Å². The summed E-state index contributed by atoms with van der Waals surface area (Å²) in [5.41, 5.74) is 4.18. The molecule has 26 heavy (non-hydrogen) atoms. The lowest BCUT2D eigenvalue weighted by Crippen LogP contribution is -2.10. The number of hydrogen-bond acceptors (Lipinski definition) is 8. The number of nitrogen functional groups attached to an aromatic ring is 1. The lowest BCUT2D eigenvalue weighted by molar-refractivity contribution is -0.138. The van der Waals surface area contributed by atoms with Crippen molar-refractivity contribution in [2.24, 2.45) is 0 Å². The Balaban J connectivity index is 2.42. The van der Waals surface area contributed by atoms with Crippen LogP contribution in [0.1, 0.15) is 11.1 Å². The van der Waals surface area contributed by atoms with Crippen LogP contribution < -0.4 is 5.73 Å². The Morgan fingerprint density at radius 1 is 1.31 bits per heavy atom. The van der Waals surface area contributed by atoms with E-state index in [1.807, 2.05) is 0 Å². The molecule has 0 fully saturated rings. The summed E-state index contributed by atoms with van der Waals surface area (Å²) in [6.07, 6.45) is -2.10. The van der Waals surface area contributed by atoms with Gasteiger partial charge in [-0.1, -0.05) is 11.8 Å². The summed E-state index contributed by atoms with van der Waals surface area (Å²) in [4.78, 5) is 11.8. The minimum absolute atomic E-state index is 0.00239. The van der Waals surface area contributed by atoms with E-state index in [0.717, 1.165) is 17.8 Å². The Labute approximate surface area is 156 Å². The van der Waals surface area contributed by atoms with Crippen molar-refractivity contribution in [3.8, 4) is 17.3 Å². The highest BCUT2D eigenvalue weighted by Crippen LogP contribution is 2.38. The number of nitrogens with two attached hydrogens (primary N) is 1. The van der Waals surface area contributed by atoms with Crippen molar-refractivity contribution in [2.45, 2.75) is 11.2 Å². The second-order valence-electron chi connectivity index (χ2n) is 4.84. The van der Waals surface area contributed by atoms with Crippen molar-refractivity contribution in [1.29, 1.82) is 5.26 Å². The van der Waals surface area contributed by atoms with Crippen molar-refractivity contribution < 1.29 is 17.9 Å². The van der Waals surface area contributed by atoms with Crippen LogP contribution in [-0.4, -0.2) is 39.5 Å². The first-order chi connectivity index (χ1) is 12.4. The van der Waals surface area contributed by atoms with Crippen LogP contribution in [0.15, 0.2) is 23.5 Å². The topological polar surface area (TPSA) is 97.7 Å². The van der Waals surface area contributed by atoms with Gasteiger partial charge in [0.25, 0.3) is 0 Å². The van der Waals surface area contributed by atoms with Crippen LogP contribution in [-0.2, 0) is 10.9 Å². The molecule has 2 aromatic rings. The number of rotatable bonds is 7. The Bertz CT molecular complexity index is 794. The fourth-order valence-corrected chi connectivity index (χ4v) is 3.87. The SMILES string of the molecule is COCCSCSc1nc(-c2cnc(N)nc2)cc(C(F)(F)F)c1C#N. The molecule has 2 rings (SSSR count). The quantitative estimate of drug-likeness (QED) is 0.428. The van der Waals surface area contributed by atoms with Gasteiger partial charge in [0.2, 0.25) is 5.95 Å². The molecule has 0 aliphatic heterocycles. The second-order valence-corrected chi connectivity index (χ2v) is 7.27. The van der Waals surface area contributed by atoms with Crippen LogP contribution in [0.4, 0.5) is 19.1 Å². The molecule has 138 valence electrons. The summed E-state index contributed by atoms with van der Waals surface area (Å²) < 4.78 is 45.1.